The zero-order chi connectivity index (χ0) is 28.0. The van der Waals surface area contributed by atoms with Crippen molar-refractivity contribution in [1.29, 1.82) is 0 Å². The van der Waals surface area contributed by atoms with Crippen LogP contribution in [0.1, 0.15) is 63.7 Å². The number of halogens is 1. The van der Waals surface area contributed by atoms with Crippen molar-refractivity contribution in [2.24, 2.45) is 0 Å². The topological polar surface area (TPSA) is 155 Å². The molecule has 2 aliphatic carbocycles. The highest BCUT2D eigenvalue weighted by Gasteiger charge is 2.40. The first kappa shape index (κ1) is 25.3. The summed E-state index contributed by atoms with van der Waals surface area (Å²) in [7, 11) is 0. The van der Waals surface area contributed by atoms with Crippen molar-refractivity contribution >= 4 is 46.1 Å². The molecule has 2 aliphatic rings. The average molecular weight is 541 g/mol. The Hall–Kier alpha value is -5.35. The van der Waals surface area contributed by atoms with Crippen LogP contribution in [0.15, 0.2) is 78.9 Å². The van der Waals surface area contributed by atoms with E-state index in [-0.39, 0.29) is 28.3 Å². The van der Waals surface area contributed by atoms with Gasteiger partial charge in [-0.05, 0) is 12.1 Å². The second-order valence-electron chi connectivity index (χ2n) is 8.44. The quantitative estimate of drug-likeness (QED) is 0.209. The molecular weight excluding hydrogens is 528 g/mol. The Labute approximate surface area is 223 Å². The smallest absolute Gasteiger partial charge is 0.289 e. The Bertz CT molecular complexity index is 1810. The molecule has 0 saturated heterocycles. The average Bonchev–Trinajstić information content (AvgIpc) is 2.94. The number of rotatable bonds is 2. The fourth-order valence-corrected chi connectivity index (χ4v) is 4.85. The molecule has 39 heavy (non-hydrogen) atoms. The van der Waals surface area contributed by atoms with E-state index < -0.39 is 38.4 Å². The van der Waals surface area contributed by atoms with E-state index >= 15 is 0 Å². The van der Waals surface area contributed by atoms with Crippen LogP contribution in [0.3, 0.4) is 0 Å². The standard InChI is InChI=1S/C14H7ClO2.C14H6N2O6/c15-11-7-3-6-10-12(11)14(17)9-5-2-1-4-8(9)13(10)16;17-13-7-3-1-2-4-8(7)14(18)11-9(13)5-6-10(15(19)20)12(11)16(21)22/h1-7H;1-6H. The van der Waals surface area contributed by atoms with Gasteiger partial charge in [-0.15, -0.1) is 0 Å². The number of benzene rings is 4. The largest absolute Gasteiger partial charge is 0.357 e. The number of nitro groups is 2. The third-order valence-corrected chi connectivity index (χ3v) is 6.64. The van der Waals surface area contributed by atoms with Gasteiger partial charge in [0.15, 0.2) is 17.3 Å². The number of hydrogen-bond donors (Lipinski definition) is 0. The molecule has 0 bridgehead atoms. The van der Waals surface area contributed by atoms with Crippen LogP contribution in [-0.4, -0.2) is 33.0 Å². The van der Waals surface area contributed by atoms with Gasteiger partial charge >= 0.3 is 11.4 Å². The highest BCUT2D eigenvalue weighted by molar-refractivity contribution is 6.39. The molecule has 0 atom stereocenters. The van der Waals surface area contributed by atoms with E-state index in [9.17, 15) is 39.4 Å². The van der Waals surface area contributed by atoms with Crippen molar-refractivity contribution in [1.82, 2.24) is 0 Å². The zero-order valence-electron chi connectivity index (χ0n) is 19.5. The van der Waals surface area contributed by atoms with E-state index in [1.165, 1.54) is 18.2 Å². The predicted octanol–water partition coefficient (Wildman–Crippen LogP) is 5.39. The lowest BCUT2D eigenvalue weighted by Gasteiger charge is -2.17. The Morgan fingerprint density at radius 1 is 0.487 bits per heavy atom. The summed E-state index contributed by atoms with van der Waals surface area (Å²) in [6, 6.07) is 19.6. The number of nitro benzene ring substituents is 2. The van der Waals surface area contributed by atoms with Gasteiger partial charge in [0.25, 0.3) is 0 Å². The molecule has 0 unspecified atom stereocenters. The van der Waals surface area contributed by atoms with Gasteiger partial charge in [-0.1, -0.05) is 72.3 Å². The summed E-state index contributed by atoms with van der Waals surface area (Å²) >= 11 is 6.00. The van der Waals surface area contributed by atoms with Crippen LogP contribution in [0.4, 0.5) is 11.4 Å². The SMILES string of the molecule is O=C1c2ccccc2C(=O)c2c(Cl)cccc21.O=C1c2ccccc2C(=O)c2c1ccc([N+](=O)[O-])c2[N+](=O)[O-]. The first-order valence-electron chi connectivity index (χ1n) is 11.2. The minimum absolute atomic E-state index is 0.00333. The van der Waals surface area contributed by atoms with Crippen molar-refractivity contribution in [3.63, 3.8) is 0 Å². The Morgan fingerprint density at radius 3 is 1.41 bits per heavy atom. The van der Waals surface area contributed by atoms with Gasteiger partial charge in [0.2, 0.25) is 5.78 Å². The maximum atomic E-state index is 12.5. The minimum Gasteiger partial charge on any atom is -0.289 e. The summed E-state index contributed by atoms with van der Waals surface area (Å²) in [4.78, 5) is 69.5. The molecule has 4 aromatic carbocycles. The van der Waals surface area contributed by atoms with Crippen LogP contribution in [0.25, 0.3) is 0 Å². The van der Waals surface area contributed by atoms with Gasteiger partial charge in [0, 0.05) is 39.4 Å². The third-order valence-electron chi connectivity index (χ3n) is 6.33. The molecule has 4 aromatic rings. The van der Waals surface area contributed by atoms with Gasteiger partial charge in [0.1, 0.15) is 5.56 Å². The van der Waals surface area contributed by atoms with Crippen LogP contribution in [0, 0.1) is 20.2 Å². The van der Waals surface area contributed by atoms with E-state index in [1.807, 2.05) is 0 Å². The monoisotopic (exact) mass is 540 g/mol. The molecule has 0 spiro atoms. The molecule has 0 amide bonds. The zero-order valence-corrected chi connectivity index (χ0v) is 20.3. The minimum atomic E-state index is -1.00. The molecule has 0 fully saturated rings. The lowest BCUT2D eigenvalue weighted by atomic mass is 9.83. The molecule has 6 rings (SSSR count). The van der Waals surface area contributed by atoms with Crippen LogP contribution < -0.4 is 0 Å². The van der Waals surface area contributed by atoms with Gasteiger partial charge in [-0.3, -0.25) is 39.4 Å². The molecule has 190 valence electrons. The summed E-state index contributed by atoms with van der Waals surface area (Å²) < 4.78 is 0. The molecule has 0 heterocycles. The number of carbonyl (C=O) groups excluding carboxylic acids is 4. The third kappa shape index (κ3) is 3.99. The normalized spacial score (nSPS) is 12.8. The number of hydrogen-bond acceptors (Lipinski definition) is 8. The molecule has 10 nitrogen and oxygen atoms in total. The van der Waals surface area contributed by atoms with Crippen molar-refractivity contribution < 1.29 is 29.0 Å². The first-order valence-corrected chi connectivity index (χ1v) is 11.6. The first-order chi connectivity index (χ1) is 18.6. The summed E-state index contributed by atoms with van der Waals surface area (Å²) in [6.07, 6.45) is 0. The summed E-state index contributed by atoms with van der Waals surface area (Å²) in [5.74, 6) is -1.65. The fourth-order valence-electron chi connectivity index (χ4n) is 4.59. The molecular formula is C28H13ClN2O8. The van der Waals surface area contributed by atoms with Gasteiger partial charge in [-0.25, -0.2) is 0 Å². The van der Waals surface area contributed by atoms with Crippen LogP contribution >= 0.6 is 11.6 Å². The second-order valence-corrected chi connectivity index (χ2v) is 8.85. The highest BCUT2D eigenvalue weighted by Crippen LogP contribution is 2.38. The molecule has 0 aliphatic heterocycles. The van der Waals surface area contributed by atoms with Crippen molar-refractivity contribution in [2.45, 2.75) is 0 Å². The van der Waals surface area contributed by atoms with Gasteiger partial charge < -0.3 is 0 Å². The van der Waals surface area contributed by atoms with E-state index in [1.54, 1.807) is 48.5 Å². The Balaban J connectivity index is 0.000000163. The fraction of sp³-hybridized carbons (Fsp3) is 0. The van der Waals surface area contributed by atoms with Crippen molar-refractivity contribution in [3.05, 3.63) is 149 Å². The van der Waals surface area contributed by atoms with E-state index in [0.717, 1.165) is 12.1 Å². The molecule has 0 saturated carbocycles. The number of nitrogens with zero attached hydrogens (tertiary/aromatic N) is 2. The van der Waals surface area contributed by atoms with E-state index in [4.69, 9.17) is 11.6 Å². The predicted molar refractivity (Wildman–Crippen MR) is 138 cm³/mol. The Kier molecular flexibility index (Phi) is 6.17. The van der Waals surface area contributed by atoms with Crippen molar-refractivity contribution in [2.75, 3.05) is 0 Å². The van der Waals surface area contributed by atoms with Gasteiger partial charge in [0.05, 0.1) is 20.4 Å². The highest BCUT2D eigenvalue weighted by atomic mass is 35.5. The van der Waals surface area contributed by atoms with Crippen LogP contribution in [0.2, 0.25) is 5.02 Å². The summed E-state index contributed by atoms with van der Waals surface area (Å²) in [5, 5.41) is 22.5. The number of fused-ring (bicyclic) bond motifs is 4. The molecule has 0 radical (unpaired) electrons. The number of ketones is 4. The van der Waals surface area contributed by atoms with Crippen LogP contribution in [-0.2, 0) is 0 Å². The second kappa shape index (κ2) is 9.51. The van der Waals surface area contributed by atoms with Crippen molar-refractivity contribution in [3.8, 4) is 0 Å². The molecule has 11 heteroatoms. The summed E-state index contributed by atoms with van der Waals surface area (Å²) in [5.41, 5.74) is -0.764. The molecule has 0 N–H and O–H groups in total. The van der Waals surface area contributed by atoms with Gasteiger partial charge in [-0.2, -0.15) is 0 Å². The lowest BCUT2D eigenvalue weighted by Crippen LogP contribution is -2.22. The lowest BCUT2D eigenvalue weighted by molar-refractivity contribution is -0.422. The van der Waals surface area contributed by atoms with Crippen LogP contribution in [0.5, 0.6) is 0 Å². The molecule has 0 aromatic heterocycles. The van der Waals surface area contributed by atoms with E-state index in [0.29, 0.717) is 27.3 Å². The maximum Gasteiger partial charge on any atom is 0.357 e. The Morgan fingerprint density at radius 2 is 0.923 bits per heavy atom. The summed E-state index contributed by atoms with van der Waals surface area (Å²) in [6.45, 7) is 0. The van der Waals surface area contributed by atoms with E-state index in [2.05, 4.69) is 0 Å². The number of carbonyl (C=O) groups is 4. The maximum absolute atomic E-state index is 12.5.